The first-order valence-electron chi connectivity index (χ1n) is 6.53. The smallest absolute Gasteiger partial charge is 0.131 e. The van der Waals surface area contributed by atoms with Gasteiger partial charge in [-0.3, -0.25) is 0 Å². The minimum Gasteiger partial charge on any atom is -0.507 e. The van der Waals surface area contributed by atoms with Gasteiger partial charge in [0.1, 0.15) is 17.4 Å². The molecule has 0 radical (unpaired) electrons. The zero-order valence-corrected chi connectivity index (χ0v) is 11.4. The number of aromatic nitrogens is 2. The van der Waals surface area contributed by atoms with Crippen molar-refractivity contribution in [3.05, 3.63) is 66.4 Å². The lowest BCUT2D eigenvalue weighted by Gasteiger charge is -2.11. The van der Waals surface area contributed by atoms with E-state index < -0.39 is 0 Å². The molecule has 0 unspecified atom stereocenters. The summed E-state index contributed by atoms with van der Waals surface area (Å²) in [5, 5.41) is 10.0. The van der Waals surface area contributed by atoms with Crippen molar-refractivity contribution >= 4 is 0 Å². The average molecular weight is 280 g/mol. The van der Waals surface area contributed by atoms with Crippen molar-refractivity contribution < 1.29 is 9.50 Å². The van der Waals surface area contributed by atoms with Crippen LogP contribution in [-0.4, -0.2) is 15.1 Å². The van der Waals surface area contributed by atoms with E-state index in [2.05, 4.69) is 9.97 Å². The number of aromatic hydroxyl groups is 1. The van der Waals surface area contributed by atoms with Crippen molar-refractivity contribution in [2.45, 2.75) is 6.92 Å². The van der Waals surface area contributed by atoms with Gasteiger partial charge in [0.25, 0.3) is 0 Å². The number of aryl methyl sites for hydroxylation is 1. The van der Waals surface area contributed by atoms with Crippen LogP contribution in [0.3, 0.4) is 0 Å². The predicted molar refractivity (Wildman–Crippen MR) is 79.3 cm³/mol. The number of phenolic OH excluding ortho intramolecular Hbond substituents is 1. The molecule has 0 aliphatic rings. The van der Waals surface area contributed by atoms with E-state index in [0.29, 0.717) is 28.2 Å². The second-order valence-electron chi connectivity index (χ2n) is 4.68. The summed E-state index contributed by atoms with van der Waals surface area (Å²) in [5.74, 6) is 0.322. The van der Waals surface area contributed by atoms with Gasteiger partial charge in [-0.1, -0.05) is 30.3 Å². The normalized spacial score (nSPS) is 10.6. The quantitative estimate of drug-likeness (QED) is 0.772. The Morgan fingerprint density at radius 3 is 2.29 bits per heavy atom. The summed E-state index contributed by atoms with van der Waals surface area (Å²) in [7, 11) is 0. The van der Waals surface area contributed by atoms with Gasteiger partial charge in [-0.25, -0.2) is 14.4 Å². The number of nitrogens with zero attached hydrogens (tertiary/aromatic N) is 2. The number of benzene rings is 2. The van der Waals surface area contributed by atoms with Crippen molar-refractivity contribution in [1.29, 1.82) is 0 Å². The molecule has 4 heteroatoms. The molecule has 3 rings (SSSR count). The average Bonchev–Trinajstić information content (AvgIpc) is 2.49. The molecular weight excluding hydrogens is 267 g/mol. The Kier molecular flexibility index (Phi) is 3.36. The lowest BCUT2D eigenvalue weighted by molar-refractivity contribution is 0.477. The first-order chi connectivity index (χ1) is 10.2. The highest BCUT2D eigenvalue weighted by Gasteiger charge is 2.15. The zero-order valence-electron chi connectivity index (χ0n) is 11.4. The summed E-state index contributed by atoms with van der Waals surface area (Å²) >= 11 is 0. The van der Waals surface area contributed by atoms with E-state index in [-0.39, 0.29) is 11.6 Å². The summed E-state index contributed by atoms with van der Waals surface area (Å²) in [4.78, 5) is 8.54. The van der Waals surface area contributed by atoms with Crippen LogP contribution in [0.2, 0.25) is 0 Å². The first kappa shape index (κ1) is 13.2. The summed E-state index contributed by atoms with van der Waals surface area (Å²) < 4.78 is 14.1. The summed E-state index contributed by atoms with van der Waals surface area (Å²) in [6.07, 6.45) is 1.59. The maximum atomic E-state index is 14.1. The Morgan fingerprint density at radius 2 is 1.57 bits per heavy atom. The van der Waals surface area contributed by atoms with Crippen LogP contribution in [0.25, 0.3) is 22.4 Å². The molecule has 0 saturated heterocycles. The highest BCUT2D eigenvalue weighted by Crippen LogP contribution is 2.35. The molecule has 104 valence electrons. The molecule has 1 heterocycles. The largest absolute Gasteiger partial charge is 0.507 e. The fourth-order valence-electron chi connectivity index (χ4n) is 2.23. The molecule has 21 heavy (non-hydrogen) atoms. The van der Waals surface area contributed by atoms with E-state index in [1.165, 1.54) is 6.07 Å². The van der Waals surface area contributed by atoms with E-state index >= 15 is 0 Å². The van der Waals surface area contributed by atoms with Crippen molar-refractivity contribution in [2.75, 3.05) is 0 Å². The number of phenols is 1. The first-order valence-corrected chi connectivity index (χ1v) is 6.53. The zero-order chi connectivity index (χ0) is 14.8. The molecule has 3 aromatic rings. The molecule has 0 spiro atoms. The fourth-order valence-corrected chi connectivity index (χ4v) is 2.23. The third kappa shape index (κ3) is 2.48. The second kappa shape index (κ2) is 5.32. The van der Waals surface area contributed by atoms with Crippen molar-refractivity contribution in [3.8, 4) is 28.1 Å². The third-order valence-corrected chi connectivity index (χ3v) is 3.23. The lowest BCUT2D eigenvalue weighted by Crippen LogP contribution is -1.96. The minimum atomic E-state index is -0.346. The van der Waals surface area contributed by atoms with Gasteiger partial charge in [-0.15, -0.1) is 0 Å². The van der Waals surface area contributed by atoms with Gasteiger partial charge in [0.15, 0.2) is 0 Å². The molecule has 0 aliphatic heterocycles. The highest BCUT2D eigenvalue weighted by molar-refractivity contribution is 5.82. The van der Waals surface area contributed by atoms with Crippen molar-refractivity contribution in [1.82, 2.24) is 9.97 Å². The number of halogens is 1. The predicted octanol–water partition coefficient (Wildman–Crippen LogP) is 3.96. The van der Waals surface area contributed by atoms with Gasteiger partial charge in [-0.2, -0.15) is 0 Å². The van der Waals surface area contributed by atoms with E-state index in [0.717, 1.165) is 0 Å². The topological polar surface area (TPSA) is 46.0 Å². The van der Waals surface area contributed by atoms with Crippen LogP contribution in [0.4, 0.5) is 4.39 Å². The number of hydrogen-bond donors (Lipinski definition) is 1. The molecule has 2 aromatic carbocycles. The van der Waals surface area contributed by atoms with Crippen LogP contribution in [0, 0.1) is 12.7 Å². The van der Waals surface area contributed by atoms with E-state index in [9.17, 15) is 9.50 Å². The van der Waals surface area contributed by atoms with E-state index in [4.69, 9.17) is 0 Å². The minimum absolute atomic E-state index is 0.105. The molecule has 0 bridgehead atoms. The van der Waals surface area contributed by atoms with Crippen LogP contribution in [-0.2, 0) is 0 Å². The van der Waals surface area contributed by atoms with E-state index in [1.54, 1.807) is 55.6 Å². The van der Waals surface area contributed by atoms with Gasteiger partial charge < -0.3 is 5.11 Å². The van der Waals surface area contributed by atoms with Gasteiger partial charge >= 0.3 is 0 Å². The van der Waals surface area contributed by atoms with Crippen molar-refractivity contribution in [2.24, 2.45) is 0 Å². The molecule has 0 aliphatic carbocycles. The maximum Gasteiger partial charge on any atom is 0.131 e. The molecular formula is C17H13FN2O. The monoisotopic (exact) mass is 280 g/mol. The van der Waals surface area contributed by atoms with Crippen molar-refractivity contribution in [3.63, 3.8) is 0 Å². The summed E-state index contributed by atoms with van der Waals surface area (Å²) in [6, 6.07) is 13.3. The third-order valence-electron chi connectivity index (χ3n) is 3.23. The van der Waals surface area contributed by atoms with Gasteiger partial charge in [-0.05, 0) is 25.1 Å². The molecule has 0 saturated carbocycles. The number of hydrogen-bond acceptors (Lipinski definition) is 3. The molecule has 0 fully saturated rings. The summed E-state index contributed by atoms with van der Waals surface area (Å²) in [5.41, 5.74) is 2.04. The molecule has 0 atom stereocenters. The Hall–Kier alpha value is -2.75. The van der Waals surface area contributed by atoms with Crippen LogP contribution in [0.15, 0.2) is 54.7 Å². The lowest BCUT2D eigenvalue weighted by atomic mass is 10.00. The second-order valence-corrected chi connectivity index (χ2v) is 4.68. The standard InChI is InChI=1S/C17H13FN2O/c1-11-19-10-14(12-6-2-4-8-15(12)18)17(20-11)13-7-3-5-9-16(13)21/h2-10,21H,1H3. The SMILES string of the molecule is Cc1ncc(-c2ccccc2F)c(-c2ccccc2O)n1. The number of rotatable bonds is 2. The maximum absolute atomic E-state index is 14.1. The van der Waals surface area contributed by atoms with Crippen LogP contribution in [0.5, 0.6) is 5.75 Å². The van der Waals surface area contributed by atoms with Gasteiger partial charge in [0.05, 0.1) is 5.69 Å². The van der Waals surface area contributed by atoms with Gasteiger partial charge in [0.2, 0.25) is 0 Å². The Morgan fingerprint density at radius 1 is 0.905 bits per heavy atom. The highest BCUT2D eigenvalue weighted by atomic mass is 19.1. The molecule has 1 aromatic heterocycles. The molecule has 0 amide bonds. The van der Waals surface area contributed by atoms with Crippen LogP contribution < -0.4 is 0 Å². The van der Waals surface area contributed by atoms with Gasteiger partial charge in [0, 0.05) is 22.9 Å². The van der Waals surface area contributed by atoms with Crippen LogP contribution in [0.1, 0.15) is 5.82 Å². The Bertz CT molecular complexity index is 802. The Balaban J connectivity index is 2.29. The molecule has 1 N–H and O–H groups in total. The van der Waals surface area contributed by atoms with E-state index in [1.807, 2.05) is 0 Å². The summed E-state index contributed by atoms with van der Waals surface area (Å²) in [6.45, 7) is 1.76. The van der Waals surface area contributed by atoms with Crippen LogP contribution >= 0.6 is 0 Å². The Labute approximate surface area is 121 Å². The fraction of sp³-hybridized carbons (Fsp3) is 0.0588. The molecule has 3 nitrogen and oxygen atoms in total. The number of para-hydroxylation sites is 1.